The van der Waals surface area contributed by atoms with E-state index in [1.165, 1.54) is 9.75 Å². The summed E-state index contributed by atoms with van der Waals surface area (Å²) in [7, 11) is 0. The number of aryl methyl sites for hydroxylation is 1. The number of hydrogen-bond donors (Lipinski definition) is 1. The first-order valence-corrected chi connectivity index (χ1v) is 7.53. The van der Waals surface area contributed by atoms with E-state index >= 15 is 0 Å². The third kappa shape index (κ3) is 2.82. The van der Waals surface area contributed by atoms with Gasteiger partial charge < -0.3 is 10.6 Å². The van der Waals surface area contributed by atoms with Crippen LogP contribution in [0.1, 0.15) is 33.1 Å². The van der Waals surface area contributed by atoms with Gasteiger partial charge in [0.2, 0.25) is 0 Å². The van der Waals surface area contributed by atoms with Crippen molar-refractivity contribution in [3.05, 3.63) is 45.9 Å². The average Bonchev–Trinajstić information content (AvgIpc) is 3.19. The molecule has 1 aliphatic rings. The number of hydrogen-bond acceptors (Lipinski definition) is 4. The lowest BCUT2D eigenvalue weighted by atomic mass is 10.2. The Hall–Kier alpha value is -1.88. The second kappa shape index (κ2) is 5.25. The van der Waals surface area contributed by atoms with Gasteiger partial charge in [-0.25, -0.2) is 0 Å². The zero-order chi connectivity index (χ0) is 14.1. The van der Waals surface area contributed by atoms with E-state index in [0.717, 1.165) is 12.8 Å². The molecule has 0 aromatic carbocycles. The van der Waals surface area contributed by atoms with E-state index in [1.807, 2.05) is 4.90 Å². The Balaban J connectivity index is 1.81. The number of carbonyl (C=O) groups is 1. The van der Waals surface area contributed by atoms with Gasteiger partial charge in [0.05, 0.1) is 6.54 Å². The summed E-state index contributed by atoms with van der Waals surface area (Å²) in [5, 5.41) is 0. The van der Waals surface area contributed by atoms with E-state index in [1.54, 1.807) is 29.7 Å². The van der Waals surface area contributed by atoms with Gasteiger partial charge in [0, 0.05) is 27.7 Å². The van der Waals surface area contributed by atoms with Crippen LogP contribution in [-0.4, -0.2) is 21.8 Å². The number of amides is 1. The minimum Gasteiger partial charge on any atom is -0.399 e. The third-order valence-electron chi connectivity index (χ3n) is 3.37. The number of pyridine rings is 1. The molecule has 2 heterocycles. The minimum absolute atomic E-state index is 0.0224. The lowest BCUT2D eigenvalue weighted by Crippen LogP contribution is -2.32. The number of nitrogens with two attached hydrogens (primary N) is 1. The fourth-order valence-electron chi connectivity index (χ4n) is 2.20. The van der Waals surface area contributed by atoms with E-state index in [9.17, 15) is 4.79 Å². The Morgan fingerprint density at radius 1 is 1.45 bits per heavy atom. The molecule has 104 valence electrons. The number of thiophene rings is 1. The smallest absolute Gasteiger partial charge is 0.273 e. The van der Waals surface area contributed by atoms with Crippen LogP contribution in [0.4, 0.5) is 5.69 Å². The molecule has 0 aliphatic heterocycles. The number of nitrogen functional groups attached to an aromatic ring is 1. The summed E-state index contributed by atoms with van der Waals surface area (Å²) >= 11 is 1.74. The van der Waals surface area contributed by atoms with E-state index < -0.39 is 0 Å². The van der Waals surface area contributed by atoms with Crippen LogP contribution in [0, 0.1) is 6.92 Å². The topological polar surface area (TPSA) is 59.2 Å². The van der Waals surface area contributed by atoms with Crippen molar-refractivity contribution in [1.29, 1.82) is 0 Å². The first kappa shape index (κ1) is 13.1. The van der Waals surface area contributed by atoms with Crippen LogP contribution in [-0.2, 0) is 6.54 Å². The summed E-state index contributed by atoms with van der Waals surface area (Å²) in [5.74, 6) is -0.0224. The first-order chi connectivity index (χ1) is 9.63. The quantitative estimate of drug-likeness (QED) is 0.940. The molecule has 20 heavy (non-hydrogen) atoms. The SMILES string of the molecule is Cc1ccc(CN(C(=O)c2cc(N)ccn2)C2CC2)s1. The highest BCUT2D eigenvalue weighted by atomic mass is 32.1. The van der Waals surface area contributed by atoms with Crippen molar-refractivity contribution in [2.24, 2.45) is 0 Å². The molecule has 1 fully saturated rings. The highest BCUT2D eigenvalue weighted by Crippen LogP contribution is 2.31. The summed E-state index contributed by atoms with van der Waals surface area (Å²) in [6, 6.07) is 7.88. The fraction of sp³-hybridized carbons (Fsp3) is 0.333. The summed E-state index contributed by atoms with van der Waals surface area (Å²) in [6.07, 6.45) is 3.75. The molecule has 3 rings (SSSR count). The summed E-state index contributed by atoms with van der Waals surface area (Å²) in [5.41, 5.74) is 6.75. The van der Waals surface area contributed by atoms with Crippen LogP contribution in [0.2, 0.25) is 0 Å². The molecule has 0 atom stereocenters. The van der Waals surface area contributed by atoms with Gasteiger partial charge >= 0.3 is 0 Å². The van der Waals surface area contributed by atoms with Gasteiger partial charge in [0.1, 0.15) is 5.69 Å². The maximum absolute atomic E-state index is 12.6. The van der Waals surface area contributed by atoms with Gasteiger partial charge in [-0.05, 0) is 44.0 Å². The molecule has 5 heteroatoms. The molecule has 2 aromatic heterocycles. The van der Waals surface area contributed by atoms with Crippen LogP contribution in [0.3, 0.4) is 0 Å². The predicted molar refractivity (Wildman–Crippen MR) is 80.6 cm³/mol. The van der Waals surface area contributed by atoms with Crippen molar-refractivity contribution < 1.29 is 4.79 Å². The van der Waals surface area contributed by atoms with Crippen LogP contribution >= 0.6 is 11.3 Å². The van der Waals surface area contributed by atoms with Gasteiger partial charge in [-0.3, -0.25) is 9.78 Å². The van der Waals surface area contributed by atoms with Crippen LogP contribution < -0.4 is 5.73 Å². The molecule has 2 N–H and O–H groups in total. The Kier molecular flexibility index (Phi) is 3.44. The number of carbonyl (C=O) groups excluding carboxylic acids is 1. The third-order valence-corrected chi connectivity index (χ3v) is 4.36. The van der Waals surface area contributed by atoms with E-state index in [4.69, 9.17) is 5.73 Å². The molecular weight excluding hydrogens is 270 g/mol. The lowest BCUT2D eigenvalue weighted by Gasteiger charge is -2.21. The van der Waals surface area contributed by atoms with Crippen molar-refractivity contribution >= 4 is 22.9 Å². The number of rotatable bonds is 4. The summed E-state index contributed by atoms with van der Waals surface area (Å²) in [4.78, 5) is 21.2. The molecule has 0 bridgehead atoms. The van der Waals surface area contributed by atoms with Crippen LogP contribution in [0.15, 0.2) is 30.5 Å². The summed E-state index contributed by atoms with van der Waals surface area (Å²) in [6.45, 7) is 2.75. The molecule has 0 unspecified atom stereocenters. The van der Waals surface area contributed by atoms with Gasteiger partial charge in [-0.2, -0.15) is 0 Å². The van der Waals surface area contributed by atoms with Crippen molar-refractivity contribution in [1.82, 2.24) is 9.88 Å². The van der Waals surface area contributed by atoms with Crippen LogP contribution in [0.25, 0.3) is 0 Å². The first-order valence-electron chi connectivity index (χ1n) is 6.71. The second-order valence-electron chi connectivity index (χ2n) is 5.15. The van der Waals surface area contributed by atoms with Gasteiger partial charge in [-0.1, -0.05) is 0 Å². The predicted octanol–water partition coefficient (Wildman–Crippen LogP) is 2.84. The number of nitrogens with zero attached hydrogens (tertiary/aromatic N) is 2. The molecule has 1 amide bonds. The Labute approximate surface area is 122 Å². The van der Waals surface area contributed by atoms with Crippen molar-refractivity contribution in [3.8, 4) is 0 Å². The highest BCUT2D eigenvalue weighted by molar-refractivity contribution is 7.11. The molecule has 0 spiro atoms. The van der Waals surface area contributed by atoms with E-state index in [0.29, 0.717) is 24.0 Å². The maximum Gasteiger partial charge on any atom is 0.273 e. The highest BCUT2D eigenvalue weighted by Gasteiger charge is 2.33. The second-order valence-corrected chi connectivity index (χ2v) is 6.52. The molecule has 2 aromatic rings. The molecule has 0 radical (unpaired) electrons. The zero-order valence-electron chi connectivity index (χ0n) is 11.4. The molecule has 1 aliphatic carbocycles. The molecular formula is C15H17N3OS. The molecule has 1 saturated carbocycles. The Bertz CT molecular complexity index is 634. The van der Waals surface area contributed by atoms with Crippen molar-refractivity contribution in [2.45, 2.75) is 32.4 Å². The van der Waals surface area contributed by atoms with Crippen LogP contribution in [0.5, 0.6) is 0 Å². The van der Waals surface area contributed by atoms with Gasteiger partial charge in [0.15, 0.2) is 0 Å². The van der Waals surface area contributed by atoms with E-state index in [2.05, 4.69) is 24.0 Å². The fourth-order valence-corrected chi connectivity index (χ4v) is 3.09. The van der Waals surface area contributed by atoms with Gasteiger partial charge in [0.25, 0.3) is 5.91 Å². The standard InChI is InChI=1S/C15H17N3OS/c1-10-2-5-13(20-10)9-18(12-3-4-12)15(19)14-8-11(16)6-7-17-14/h2,5-8,12H,3-4,9H2,1H3,(H2,16,17). The largest absolute Gasteiger partial charge is 0.399 e. The Morgan fingerprint density at radius 3 is 2.85 bits per heavy atom. The normalized spacial score (nSPS) is 14.2. The number of anilines is 1. The average molecular weight is 287 g/mol. The minimum atomic E-state index is -0.0224. The van der Waals surface area contributed by atoms with Crippen molar-refractivity contribution in [2.75, 3.05) is 5.73 Å². The van der Waals surface area contributed by atoms with Gasteiger partial charge in [-0.15, -0.1) is 11.3 Å². The van der Waals surface area contributed by atoms with E-state index in [-0.39, 0.29) is 5.91 Å². The molecule has 0 saturated heterocycles. The maximum atomic E-state index is 12.6. The Morgan fingerprint density at radius 2 is 2.25 bits per heavy atom. The monoisotopic (exact) mass is 287 g/mol. The molecule has 4 nitrogen and oxygen atoms in total. The number of aromatic nitrogens is 1. The summed E-state index contributed by atoms with van der Waals surface area (Å²) < 4.78 is 0. The zero-order valence-corrected chi connectivity index (χ0v) is 12.2. The van der Waals surface area contributed by atoms with Crippen molar-refractivity contribution in [3.63, 3.8) is 0 Å². The lowest BCUT2D eigenvalue weighted by molar-refractivity contribution is 0.0726.